The third kappa shape index (κ3) is 2.54. The van der Waals surface area contributed by atoms with Gasteiger partial charge in [0.2, 0.25) is 0 Å². The van der Waals surface area contributed by atoms with E-state index in [4.69, 9.17) is 11.6 Å². The van der Waals surface area contributed by atoms with Crippen molar-refractivity contribution in [3.8, 4) is 0 Å². The first kappa shape index (κ1) is 10.7. The van der Waals surface area contributed by atoms with Crippen LogP contribution in [0, 0.1) is 3.57 Å². The number of rotatable bonds is 2. The highest BCUT2D eigenvalue weighted by atomic mass is 127. The number of allylic oxidation sites excluding steroid dienone is 1. The summed E-state index contributed by atoms with van der Waals surface area (Å²) >= 11 is 7.89. The molecule has 0 aliphatic carbocycles. The zero-order chi connectivity index (χ0) is 10.0. The molecule has 1 nitrogen and oxygen atoms in total. The molecule has 0 bridgehead atoms. The first-order valence-electron chi connectivity index (χ1n) is 3.67. The minimum Gasteiger partial charge on any atom is -0.289 e. The normalized spacial score (nSPS) is 9.77. The number of carbonyl (C=O) groups is 1. The lowest BCUT2D eigenvalue weighted by Gasteiger charge is -2.03. The molecular weight excluding hydrogens is 298 g/mol. The van der Waals surface area contributed by atoms with Crippen LogP contribution in [0.3, 0.4) is 0 Å². The minimum atomic E-state index is -0.0492. The van der Waals surface area contributed by atoms with Crippen LogP contribution < -0.4 is 0 Å². The Balaban J connectivity index is 3.21. The lowest BCUT2D eigenvalue weighted by molar-refractivity contribution is 0.103. The number of hydrogen-bond acceptors (Lipinski definition) is 1. The van der Waals surface area contributed by atoms with Crippen molar-refractivity contribution in [2.75, 3.05) is 0 Å². The standard InChI is InChI=1S/C10H8ClIO/c1-6(2)10(13)8-5-7(11)3-4-9(8)12/h3-5H,1H2,2H3. The summed E-state index contributed by atoms with van der Waals surface area (Å²) in [5.74, 6) is -0.0492. The second kappa shape index (κ2) is 4.24. The van der Waals surface area contributed by atoms with Crippen LogP contribution in [0.2, 0.25) is 5.02 Å². The molecule has 0 heterocycles. The molecule has 68 valence electrons. The maximum absolute atomic E-state index is 11.6. The van der Waals surface area contributed by atoms with Crippen molar-refractivity contribution >= 4 is 40.0 Å². The molecule has 1 aromatic carbocycles. The van der Waals surface area contributed by atoms with Gasteiger partial charge in [-0.3, -0.25) is 4.79 Å². The smallest absolute Gasteiger partial charge is 0.189 e. The molecule has 1 rings (SSSR count). The van der Waals surface area contributed by atoms with E-state index in [1.165, 1.54) is 0 Å². The number of hydrogen-bond donors (Lipinski definition) is 0. The lowest BCUT2D eigenvalue weighted by atomic mass is 10.1. The zero-order valence-corrected chi connectivity index (χ0v) is 10.0. The van der Waals surface area contributed by atoms with Gasteiger partial charge in [-0.2, -0.15) is 0 Å². The van der Waals surface area contributed by atoms with Crippen LogP contribution in [0.15, 0.2) is 30.4 Å². The van der Waals surface area contributed by atoms with Crippen LogP contribution in [-0.2, 0) is 0 Å². The highest BCUT2D eigenvalue weighted by Crippen LogP contribution is 2.20. The molecule has 0 saturated heterocycles. The van der Waals surface area contributed by atoms with Gasteiger partial charge in [-0.1, -0.05) is 18.2 Å². The molecule has 0 N–H and O–H groups in total. The Morgan fingerprint density at radius 1 is 1.54 bits per heavy atom. The van der Waals surface area contributed by atoms with Crippen LogP contribution in [0.1, 0.15) is 17.3 Å². The van der Waals surface area contributed by atoms with E-state index in [0.29, 0.717) is 16.2 Å². The van der Waals surface area contributed by atoms with Crippen LogP contribution in [0.25, 0.3) is 0 Å². The summed E-state index contributed by atoms with van der Waals surface area (Å²) in [6.45, 7) is 5.30. The Kier molecular flexibility index (Phi) is 3.50. The van der Waals surface area contributed by atoms with E-state index >= 15 is 0 Å². The van der Waals surface area contributed by atoms with Crippen molar-refractivity contribution in [2.45, 2.75) is 6.92 Å². The van der Waals surface area contributed by atoms with Gasteiger partial charge in [0.05, 0.1) is 0 Å². The summed E-state index contributed by atoms with van der Waals surface area (Å²) in [5.41, 5.74) is 1.15. The van der Waals surface area contributed by atoms with Gasteiger partial charge in [-0.25, -0.2) is 0 Å². The molecule has 0 radical (unpaired) electrons. The van der Waals surface area contributed by atoms with Crippen molar-refractivity contribution in [2.24, 2.45) is 0 Å². The van der Waals surface area contributed by atoms with E-state index in [-0.39, 0.29) is 5.78 Å². The number of Topliss-reactive ketones (excluding diaryl/α,β-unsaturated/α-hetero) is 1. The van der Waals surface area contributed by atoms with Gasteiger partial charge in [0.25, 0.3) is 0 Å². The molecule has 13 heavy (non-hydrogen) atoms. The molecule has 1 aromatic rings. The van der Waals surface area contributed by atoms with Gasteiger partial charge in [-0.05, 0) is 53.3 Å². The maximum Gasteiger partial charge on any atom is 0.189 e. The van der Waals surface area contributed by atoms with Crippen LogP contribution in [0.5, 0.6) is 0 Å². The molecule has 0 fully saturated rings. The highest BCUT2D eigenvalue weighted by Gasteiger charge is 2.10. The second-order valence-electron chi connectivity index (χ2n) is 2.73. The Morgan fingerprint density at radius 2 is 2.15 bits per heavy atom. The summed E-state index contributed by atoms with van der Waals surface area (Å²) in [6.07, 6.45) is 0. The van der Waals surface area contributed by atoms with Crippen molar-refractivity contribution in [1.82, 2.24) is 0 Å². The van der Waals surface area contributed by atoms with E-state index in [1.807, 2.05) is 6.07 Å². The Bertz CT molecular complexity index is 371. The van der Waals surface area contributed by atoms with Gasteiger partial charge >= 0.3 is 0 Å². The first-order valence-corrected chi connectivity index (χ1v) is 5.13. The predicted octanol–water partition coefficient (Wildman–Crippen LogP) is 3.70. The average molecular weight is 307 g/mol. The fourth-order valence-corrected chi connectivity index (χ4v) is 1.65. The Labute approximate surface area is 95.9 Å². The first-order chi connectivity index (χ1) is 6.02. The van der Waals surface area contributed by atoms with Gasteiger partial charge in [0, 0.05) is 14.2 Å². The quantitative estimate of drug-likeness (QED) is 0.462. The molecule has 0 atom stereocenters. The zero-order valence-electron chi connectivity index (χ0n) is 7.10. The SMILES string of the molecule is C=C(C)C(=O)c1cc(Cl)ccc1I. The van der Waals surface area contributed by atoms with Gasteiger partial charge in [0.15, 0.2) is 5.78 Å². The van der Waals surface area contributed by atoms with Crippen molar-refractivity contribution in [1.29, 1.82) is 0 Å². The predicted molar refractivity (Wildman–Crippen MR) is 63.3 cm³/mol. The third-order valence-electron chi connectivity index (χ3n) is 1.56. The highest BCUT2D eigenvalue weighted by molar-refractivity contribution is 14.1. The summed E-state index contributed by atoms with van der Waals surface area (Å²) in [4.78, 5) is 11.6. The van der Waals surface area contributed by atoms with Gasteiger partial charge in [0.1, 0.15) is 0 Å². The number of halogens is 2. The van der Waals surface area contributed by atoms with E-state index in [1.54, 1.807) is 19.1 Å². The second-order valence-corrected chi connectivity index (χ2v) is 4.33. The molecular formula is C10H8ClIO. The molecule has 0 amide bonds. The van der Waals surface area contributed by atoms with Crippen LogP contribution >= 0.6 is 34.2 Å². The monoisotopic (exact) mass is 306 g/mol. The number of carbonyl (C=O) groups excluding carboxylic acids is 1. The summed E-state index contributed by atoms with van der Waals surface area (Å²) in [6, 6.07) is 5.25. The molecule has 0 unspecified atom stereocenters. The molecule has 0 aliphatic rings. The van der Waals surface area contributed by atoms with E-state index in [9.17, 15) is 4.79 Å². The molecule has 3 heteroatoms. The number of ketones is 1. The summed E-state index contributed by atoms with van der Waals surface area (Å²) in [5, 5.41) is 0.574. The third-order valence-corrected chi connectivity index (χ3v) is 2.74. The summed E-state index contributed by atoms with van der Waals surface area (Å²) < 4.78 is 0.898. The molecule has 0 aliphatic heterocycles. The summed E-state index contributed by atoms with van der Waals surface area (Å²) in [7, 11) is 0. The van der Waals surface area contributed by atoms with Crippen molar-refractivity contribution in [3.05, 3.63) is 44.5 Å². The fraction of sp³-hybridized carbons (Fsp3) is 0.100. The topological polar surface area (TPSA) is 17.1 Å². The van der Waals surface area contributed by atoms with Crippen molar-refractivity contribution in [3.63, 3.8) is 0 Å². The van der Waals surface area contributed by atoms with E-state index < -0.39 is 0 Å². The van der Waals surface area contributed by atoms with E-state index in [0.717, 1.165) is 3.57 Å². The lowest BCUT2D eigenvalue weighted by Crippen LogP contribution is -2.01. The van der Waals surface area contributed by atoms with Gasteiger partial charge < -0.3 is 0 Å². The fourth-order valence-electron chi connectivity index (χ4n) is 0.901. The average Bonchev–Trinajstić information content (AvgIpc) is 2.08. The Morgan fingerprint density at radius 3 is 2.69 bits per heavy atom. The molecule has 0 saturated carbocycles. The largest absolute Gasteiger partial charge is 0.289 e. The number of benzene rings is 1. The van der Waals surface area contributed by atoms with Gasteiger partial charge in [-0.15, -0.1) is 0 Å². The minimum absolute atomic E-state index is 0.0492. The maximum atomic E-state index is 11.6. The van der Waals surface area contributed by atoms with Crippen molar-refractivity contribution < 1.29 is 4.79 Å². The van der Waals surface area contributed by atoms with Crippen LogP contribution in [-0.4, -0.2) is 5.78 Å². The van der Waals surface area contributed by atoms with E-state index in [2.05, 4.69) is 29.2 Å². The van der Waals surface area contributed by atoms with Crippen LogP contribution in [0.4, 0.5) is 0 Å². The molecule has 0 aromatic heterocycles. The molecule has 0 spiro atoms. The Hall–Kier alpha value is -0.350.